The zero-order valence-corrected chi connectivity index (χ0v) is 14.5. The molecule has 2 N–H and O–H groups in total. The first-order chi connectivity index (χ1) is 10.2. The Morgan fingerprint density at radius 2 is 2.33 bits per heavy atom. The number of carbonyl (C=O) groups is 1. The molecule has 1 aromatic heterocycles. The normalized spacial score (nSPS) is 21.4. The monoisotopic (exact) mass is 327 g/mol. The van der Waals surface area contributed by atoms with E-state index in [-0.39, 0.29) is 6.03 Å². The molecule has 21 heavy (non-hydrogen) atoms. The Labute approximate surface area is 135 Å². The number of carbonyl (C=O) groups excluding carboxylic acids is 1. The number of unbranched alkanes of at least 4 members (excludes halogenated alkanes) is 1. The fourth-order valence-electron chi connectivity index (χ4n) is 2.64. The molecule has 0 unspecified atom stereocenters. The zero-order chi connectivity index (χ0) is 15.1. The molecule has 6 heteroatoms. The first-order valence-electron chi connectivity index (χ1n) is 7.65. The molecule has 1 fully saturated rings. The van der Waals surface area contributed by atoms with Crippen LogP contribution in [0.3, 0.4) is 0 Å². The Morgan fingerprint density at radius 1 is 1.48 bits per heavy atom. The van der Waals surface area contributed by atoms with Crippen LogP contribution in [-0.2, 0) is 6.42 Å². The number of hydrogen-bond acceptors (Lipinski definition) is 4. The van der Waals surface area contributed by atoms with Crippen LogP contribution in [0.4, 0.5) is 4.79 Å². The number of urea groups is 1. The van der Waals surface area contributed by atoms with Gasteiger partial charge in [0.05, 0.1) is 5.01 Å². The standard InChI is InChI=1S/C15H25N3OS2/c1-11-10-21-14(17-11)5-3-4-8-16-15(19)18-12-6-7-13(9-12)20-2/h10,12-13H,3-9H2,1-2H3,(H2,16,18,19)/t12-,13-/m0/s1. The average molecular weight is 328 g/mol. The van der Waals surface area contributed by atoms with Crippen molar-refractivity contribution < 1.29 is 4.79 Å². The largest absolute Gasteiger partial charge is 0.338 e. The third kappa shape index (κ3) is 5.87. The maximum absolute atomic E-state index is 11.8. The summed E-state index contributed by atoms with van der Waals surface area (Å²) in [6, 6.07) is 0.354. The summed E-state index contributed by atoms with van der Waals surface area (Å²) in [6.07, 6.45) is 8.69. The van der Waals surface area contributed by atoms with E-state index in [9.17, 15) is 4.79 Å². The van der Waals surface area contributed by atoms with E-state index in [1.54, 1.807) is 11.3 Å². The number of rotatable bonds is 7. The Morgan fingerprint density at radius 3 is 3.00 bits per heavy atom. The van der Waals surface area contributed by atoms with E-state index in [1.807, 2.05) is 18.7 Å². The lowest BCUT2D eigenvalue weighted by Crippen LogP contribution is -2.41. The van der Waals surface area contributed by atoms with Gasteiger partial charge in [-0.25, -0.2) is 9.78 Å². The van der Waals surface area contributed by atoms with E-state index in [0.29, 0.717) is 6.04 Å². The van der Waals surface area contributed by atoms with Crippen LogP contribution >= 0.6 is 23.1 Å². The molecule has 1 aliphatic carbocycles. The van der Waals surface area contributed by atoms with E-state index in [0.717, 1.165) is 49.6 Å². The van der Waals surface area contributed by atoms with Crippen molar-refractivity contribution in [2.45, 2.75) is 56.7 Å². The maximum Gasteiger partial charge on any atom is 0.315 e. The molecule has 0 radical (unpaired) electrons. The molecule has 2 atom stereocenters. The van der Waals surface area contributed by atoms with Crippen LogP contribution in [0.15, 0.2) is 5.38 Å². The van der Waals surface area contributed by atoms with Gasteiger partial charge in [0.15, 0.2) is 0 Å². The minimum atomic E-state index is -0.00755. The minimum absolute atomic E-state index is 0.00755. The summed E-state index contributed by atoms with van der Waals surface area (Å²) < 4.78 is 0. The topological polar surface area (TPSA) is 54.0 Å². The van der Waals surface area contributed by atoms with Crippen molar-refractivity contribution in [2.75, 3.05) is 12.8 Å². The van der Waals surface area contributed by atoms with Gasteiger partial charge in [-0.3, -0.25) is 0 Å². The number of aryl methyl sites for hydroxylation is 2. The van der Waals surface area contributed by atoms with Crippen molar-refractivity contribution in [3.8, 4) is 0 Å². The van der Waals surface area contributed by atoms with Gasteiger partial charge in [-0.15, -0.1) is 11.3 Å². The van der Waals surface area contributed by atoms with Gasteiger partial charge in [0.1, 0.15) is 0 Å². The lowest BCUT2D eigenvalue weighted by Gasteiger charge is -2.13. The Balaban J connectivity index is 1.51. The smallest absolute Gasteiger partial charge is 0.315 e. The van der Waals surface area contributed by atoms with Crippen molar-refractivity contribution in [2.24, 2.45) is 0 Å². The van der Waals surface area contributed by atoms with Crippen molar-refractivity contribution in [3.63, 3.8) is 0 Å². The Bertz CT molecular complexity index is 450. The summed E-state index contributed by atoms with van der Waals surface area (Å²) >= 11 is 3.64. The molecular formula is C15H25N3OS2. The highest BCUT2D eigenvalue weighted by atomic mass is 32.2. The number of hydrogen-bond donors (Lipinski definition) is 2. The second-order valence-corrected chi connectivity index (χ2v) is 7.69. The number of thiazole rings is 1. The molecule has 0 saturated heterocycles. The second-order valence-electron chi connectivity index (χ2n) is 5.61. The lowest BCUT2D eigenvalue weighted by molar-refractivity contribution is 0.237. The average Bonchev–Trinajstić information content (AvgIpc) is 3.07. The molecule has 2 rings (SSSR count). The van der Waals surface area contributed by atoms with Crippen LogP contribution < -0.4 is 10.6 Å². The van der Waals surface area contributed by atoms with Crippen LogP contribution in [0.2, 0.25) is 0 Å². The van der Waals surface area contributed by atoms with E-state index in [2.05, 4.69) is 27.3 Å². The molecule has 1 aliphatic rings. The van der Waals surface area contributed by atoms with E-state index in [4.69, 9.17) is 0 Å². The molecule has 0 aliphatic heterocycles. The van der Waals surface area contributed by atoms with E-state index >= 15 is 0 Å². The molecule has 1 heterocycles. The molecule has 1 aromatic rings. The van der Waals surface area contributed by atoms with Crippen LogP contribution in [-0.4, -0.2) is 35.1 Å². The summed E-state index contributed by atoms with van der Waals surface area (Å²) in [5.41, 5.74) is 1.10. The number of nitrogens with one attached hydrogen (secondary N) is 2. The summed E-state index contributed by atoms with van der Waals surface area (Å²) in [5.74, 6) is 0. The SMILES string of the molecule is CS[C@H]1CC[C@H](NC(=O)NCCCCc2nc(C)cs2)C1. The zero-order valence-electron chi connectivity index (χ0n) is 12.9. The van der Waals surface area contributed by atoms with Gasteiger partial charge in [0, 0.05) is 28.9 Å². The van der Waals surface area contributed by atoms with Crippen molar-refractivity contribution >= 4 is 29.1 Å². The summed E-state index contributed by atoms with van der Waals surface area (Å²) in [7, 11) is 0. The predicted molar refractivity (Wildman–Crippen MR) is 91.3 cm³/mol. The molecule has 0 bridgehead atoms. The quantitative estimate of drug-likeness (QED) is 0.755. The maximum atomic E-state index is 11.8. The number of amides is 2. The fourth-order valence-corrected chi connectivity index (χ4v) is 4.26. The first-order valence-corrected chi connectivity index (χ1v) is 9.82. The molecule has 4 nitrogen and oxygen atoms in total. The van der Waals surface area contributed by atoms with Crippen molar-refractivity contribution in [3.05, 3.63) is 16.1 Å². The van der Waals surface area contributed by atoms with Gasteiger partial charge in [-0.05, 0) is 51.7 Å². The molecule has 0 spiro atoms. The highest BCUT2D eigenvalue weighted by Gasteiger charge is 2.24. The highest BCUT2D eigenvalue weighted by Crippen LogP contribution is 2.27. The predicted octanol–water partition coefficient (Wildman–Crippen LogP) is 3.36. The van der Waals surface area contributed by atoms with Gasteiger partial charge in [-0.2, -0.15) is 11.8 Å². The van der Waals surface area contributed by atoms with Gasteiger partial charge in [-0.1, -0.05) is 0 Å². The van der Waals surface area contributed by atoms with E-state index in [1.165, 1.54) is 11.4 Å². The van der Waals surface area contributed by atoms with Crippen LogP contribution in [0.5, 0.6) is 0 Å². The third-order valence-corrected chi connectivity index (χ3v) is 5.94. The third-order valence-electron chi connectivity index (χ3n) is 3.82. The molecule has 2 amide bonds. The number of nitrogens with zero attached hydrogens (tertiary/aromatic N) is 1. The Hall–Kier alpha value is -0.750. The van der Waals surface area contributed by atoms with Crippen molar-refractivity contribution in [1.82, 2.24) is 15.6 Å². The van der Waals surface area contributed by atoms with Gasteiger partial charge < -0.3 is 10.6 Å². The van der Waals surface area contributed by atoms with Crippen LogP contribution in [0, 0.1) is 6.92 Å². The molecule has 118 valence electrons. The fraction of sp³-hybridized carbons (Fsp3) is 0.733. The molecule has 0 aromatic carbocycles. The van der Waals surface area contributed by atoms with E-state index < -0.39 is 0 Å². The molecule has 1 saturated carbocycles. The summed E-state index contributed by atoms with van der Waals surface area (Å²) in [5, 5.41) is 10.0. The lowest BCUT2D eigenvalue weighted by atomic mass is 10.2. The van der Waals surface area contributed by atoms with Crippen LogP contribution in [0.25, 0.3) is 0 Å². The summed E-state index contributed by atoms with van der Waals surface area (Å²) in [4.78, 5) is 16.2. The first kappa shape index (κ1) is 16.6. The number of thioether (sulfide) groups is 1. The molecular weight excluding hydrogens is 302 g/mol. The highest BCUT2D eigenvalue weighted by molar-refractivity contribution is 7.99. The minimum Gasteiger partial charge on any atom is -0.338 e. The van der Waals surface area contributed by atoms with Gasteiger partial charge in [0.25, 0.3) is 0 Å². The van der Waals surface area contributed by atoms with Crippen molar-refractivity contribution in [1.29, 1.82) is 0 Å². The van der Waals surface area contributed by atoms with Gasteiger partial charge in [0.2, 0.25) is 0 Å². The van der Waals surface area contributed by atoms with Gasteiger partial charge >= 0.3 is 6.03 Å². The van der Waals surface area contributed by atoms with Crippen LogP contribution in [0.1, 0.15) is 42.8 Å². The number of aromatic nitrogens is 1. The Kier molecular flexibility index (Phi) is 6.83. The second kappa shape index (κ2) is 8.63. The summed E-state index contributed by atoms with van der Waals surface area (Å²) in [6.45, 7) is 2.77.